The summed E-state index contributed by atoms with van der Waals surface area (Å²) in [6.07, 6.45) is 3.92. The summed E-state index contributed by atoms with van der Waals surface area (Å²) in [6.45, 7) is 0. The minimum Gasteiger partial charge on any atom is -0.480 e. The van der Waals surface area contributed by atoms with Crippen LogP contribution < -0.4 is 5.32 Å². The van der Waals surface area contributed by atoms with Gasteiger partial charge in [-0.05, 0) is 30.9 Å². The predicted octanol–water partition coefficient (Wildman–Crippen LogP) is 2.66. The normalized spacial score (nSPS) is 17.0. The number of amides is 1. The summed E-state index contributed by atoms with van der Waals surface area (Å²) < 4.78 is 27.1. The van der Waals surface area contributed by atoms with E-state index < -0.39 is 36.0 Å². The summed E-state index contributed by atoms with van der Waals surface area (Å²) in [5.74, 6) is -3.52. The van der Waals surface area contributed by atoms with Crippen molar-refractivity contribution >= 4 is 11.9 Å². The van der Waals surface area contributed by atoms with Gasteiger partial charge in [0.2, 0.25) is 5.91 Å². The lowest BCUT2D eigenvalue weighted by molar-refractivity contribution is -0.143. The van der Waals surface area contributed by atoms with Crippen LogP contribution >= 0.6 is 0 Å². The molecular formula is C16H19F2NO3. The van der Waals surface area contributed by atoms with Crippen LogP contribution in [0.1, 0.15) is 37.7 Å². The van der Waals surface area contributed by atoms with Crippen molar-refractivity contribution in [3.05, 3.63) is 35.4 Å². The summed E-state index contributed by atoms with van der Waals surface area (Å²) in [6, 6.07) is 2.36. The first kappa shape index (κ1) is 16.4. The SMILES string of the molecule is O=C(Cc1c(F)cccc1F)N[C@H](C(=O)O)C1CCCCC1. The second kappa shape index (κ2) is 7.33. The zero-order valence-electron chi connectivity index (χ0n) is 12.1. The van der Waals surface area contributed by atoms with Crippen molar-refractivity contribution in [1.29, 1.82) is 0 Å². The molecule has 4 nitrogen and oxygen atoms in total. The minimum absolute atomic E-state index is 0.124. The fraction of sp³-hybridized carbons (Fsp3) is 0.500. The number of carbonyl (C=O) groups excluding carboxylic acids is 1. The van der Waals surface area contributed by atoms with Crippen LogP contribution in [0.2, 0.25) is 0 Å². The number of benzene rings is 1. The molecule has 0 aliphatic heterocycles. The molecule has 2 N–H and O–H groups in total. The highest BCUT2D eigenvalue weighted by Gasteiger charge is 2.31. The van der Waals surface area contributed by atoms with Crippen LogP contribution in [0.5, 0.6) is 0 Å². The molecule has 0 unspecified atom stereocenters. The maximum absolute atomic E-state index is 13.5. The zero-order valence-corrected chi connectivity index (χ0v) is 12.1. The van der Waals surface area contributed by atoms with E-state index in [2.05, 4.69) is 5.32 Å². The Balaban J connectivity index is 2.03. The van der Waals surface area contributed by atoms with E-state index in [4.69, 9.17) is 0 Å². The van der Waals surface area contributed by atoms with E-state index in [1.807, 2.05) is 0 Å². The Morgan fingerprint density at radius 3 is 2.32 bits per heavy atom. The van der Waals surface area contributed by atoms with Crippen LogP contribution in [0.3, 0.4) is 0 Å². The summed E-state index contributed by atoms with van der Waals surface area (Å²) in [5.41, 5.74) is -0.340. The molecule has 6 heteroatoms. The number of aliphatic carboxylic acids is 1. The van der Waals surface area contributed by atoms with E-state index in [1.165, 1.54) is 6.07 Å². The third kappa shape index (κ3) is 4.02. The third-order valence-corrected chi connectivity index (χ3v) is 4.10. The topological polar surface area (TPSA) is 66.4 Å². The van der Waals surface area contributed by atoms with Crippen LogP contribution in [-0.4, -0.2) is 23.0 Å². The number of carboxylic acid groups (broad SMARTS) is 1. The Labute approximate surface area is 127 Å². The smallest absolute Gasteiger partial charge is 0.326 e. The monoisotopic (exact) mass is 311 g/mol. The molecule has 0 radical (unpaired) electrons. The van der Waals surface area contributed by atoms with Gasteiger partial charge in [0, 0.05) is 5.56 Å². The van der Waals surface area contributed by atoms with Crippen molar-refractivity contribution in [3.63, 3.8) is 0 Å². The zero-order chi connectivity index (χ0) is 16.1. The van der Waals surface area contributed by atoms with Gasteiger partial charge in [0.05, 0.1) is 6.42 Å². The summed E-state index contributed by atoms with van der Waals surface area (Å²) in [5, 5.41) is 11.7. The van der Waals surface area contributed by atoms with Gasteiger partial charge in [-0.1, -0.05) is 25.3 Å². The van der Waals surface area contributed by atoms with Gasteiger partial charge in [-0.3, -0.25) is 4.79 Å². The summed E-state index contributed by atoms with van der Waals surface area (Å²) in [4.78, 5) is 23.3. The lowest BCUT2D eigenvalue weighted by Gasteiger charge is -2.28. The quantitative estimate of drug-likeness (QED) is 0.878. The molecule has 0 saturated heterocycles. The molecule has 1 atom stereocenters. The first-order chi connectivity index (χ1) is 10.5. The molecule has 1 saturated carbocycles. The second-order valence-corrected chi connectivity index (χ2v) is 5.66. The van der Waals surface area contributed by atoms with E-state index in [0.29, 0.717) is 0 Å². The van der Waals surface area contributed by atoms with E-state index in [0.717, 1.165) is 44.2 Å². The van der Waals surface area contributed by atoms with Gasteiger partial charge in [-0.15, -0.1) is 0 Å². The summed E-state index contributed by atoms with van der Waals surface area (Å²) >= 11 is 0. The number of carboxylic acids is 1. The fourth-order valence-electron chi connectivity index (χ4n) is 2.93. The molecule has 120 valence electrons. The fourth-order valence-corrected chi connectivity index (χ4v) is 2.93. The highest BCUT2D eigenvalue weighted by molar-refractivity contribution is 5.85. The minimum atomic E-state index is -1.10. The van der Waals surface area contributed by atoms with Crippen molar-refractivity contribution in [1.82, 2.24) is 5.32 Å². The number of nitrogens with one attached hydrogen (secondary N) is 1. The average Bonchev–Trinajstić information content (AvgIpc) is 2.49. The first-order valence-corrected chi connectivity index (χ1v) is 7.44. The summed E-state index contributed by atoms with van der Waals surface area (Å²) in [7, 11) is 0. The standard InChI is InChI=1S/C16H19F2NO3/c17-12-7-4-8-13(18)11(12)9-14(20)19-15(16(21)22)10-5-2-1-3-6-10/h4,7-8,10,15H,1-3,5-6,9H2,(H,19,20)(H,21,22)/t15-/m0/s1. The van der Waals surface area contributed by atoms with Gasteiger partial charge < -0.3 is 10.4 Å². The Kier molecular flexibility index (Phi) is 5.46. The van der Waals surface area contributed by atoms with Crippen molar-refractivity contribution < 1.29 is 23.5 Å². The van der Waals surface area contributed by atoms with Gasteiger partial charge in [0.25, 0.3) is 0 Å². The first-order valence-electron chi connectivity index (χ1n) is 7.44. The van der Waals surface area contributed by atoms with Crippen LogP contribution in [-0.2, 0) is 16.0 Å². The van der Waals surface area contributed by atoms with Gasteiger partial charge in [-0.25, -0.2) is 13.6 Å². The molecule has 1 amide bonds. The molecule has 22 heavy (non-hydrogen) atoms. The number of rotatable bonds is 5. The largest absolute Gasteiger partial charge is 0.480 e. The number of carbonyl (C=O) groups is 2. The van der Waals surface area contributed by atoms with E-state index >= 15 is 0 Å². The lowest BCUT2D eigenvalue weighted by Crippen LogP contribution is -2.47. The predicted molar refractivity (Wildman–Crippen MR) is 76.2 cm³/mol. The molecule has 2 rings (SSSR count). The van der Waals surface area contributed by atoms with E-state index in [1.54, 1.807) is 0 Å². The van der Waals surface area contributed by atoms with E-state index in [9.17, 15) is 23.5 Å². The molecule has 0 bridgehead atoms. The molecule has 0 aromatic heterocycles. The van der Waals surface area contributed by atoms with Gasteiger partial charge in [-0.2, -0.15) is 0 Å². The van der Waals surface area contributed by atoms with Crippen LogP contribution in [0.4, 0.5) is 8.78 Å². The number of hydrogen-bond donors (Lipinski definition) is 2. The number of hydrogen-bond acceptors (Lipinski definition) is 2. The van der Waals surface area contributed by atoms with E-state index in [-0.39, 0.29) is 11.5 Å². The highest BCUT2D eigenvalue weighted by Crippen LogP contribution is 2.26. The Bertz CT molecular complexity index is 536. The Morgan fingerprint density at radius 1 is 1.18 bits per heavy atom. The molecule has 1 fully saturated rings. The van der Waals surface area contributed by atoms with Crippen molar-refractivity contribution in [2.24, 2.45) is 5.92 Å². The molecule has 1 aliphatic rings. The molecule has 1 aliphatic carbocycles. The van der Waals surface area contributed by atoms with Crippen LogP contribution in [0, 0.1) is 17.6 Å². The van der Waals surface area contributed by atoms with Crippen LogP contribution in [0.15, 0.2) is 18.2 Å². The maximum atomic E-state index is 13.5. The van der Waals surface area contributed by atoms with Gasteiger partial charge >= 0.3 is 5.97 Å². The van der Waals surface area contributed by atoms with Crippen molar-refractivity contribution in [2.75, 3.05) is 0 Å². The molecular weight excluding hydrogens is 292 g/mol. The Hall–Kier alpha value is -1.98. The van der Waals surface area contributed by atoms with Crippen molar-refractivity contribution in [2.45, 2.75) is 44.6 Å². The lowest BCUT2D eigenvalue weighted by atomic mass is 9.84. The Morgan fingerprint density at radius 2 is 1.77 bits per heavy atom. The van der Waals surface area contributed by atoms with Crippen LogP contribution in [0.25, 0.3) is 0 Å². The third-order valence-electron chi connectivity index (χ3n) is 4.10. The molecule has 1 aromatic rings. The number of halogens is 2. The van der Waals surface area contributed by atoms with Gasteiger partial charge in [0.15, 0.2) is 0 Å². The van der Waals surface area contributed by atoms with Gasteiger partial charge in [0.1, 0.15) is 17.7 Å². The molecule has 1 aromatic carbocycles. The highest BCUT2D eigenvalue weighted by atomic mass is 19.1. The second-order valence-electron chi connectivity index (χ2n) is 5.66. The van der Waals surface area contributed by atoms with Crippen molar-refractivity contribution in [3.8, 4) is 0 Å². The maximum Gasteiger partial charge on any atom is 0.326 e. The molecule has 0 spiro atoms. The molecule has 0 heterocycles. The average molecular weight is 311 g/mol.